The maximum absolute atomic E-state index is 11.3. The molecule has 1 N–H and O–H groups in total. The molecule has 1 aliphatic heterocycles. The van der Waals surface area contributed by atoms with Crippen molar-refractivity contribution in [3.8, 4) is 0 Å². The molecule has 3 rings (SSSR count). The first-order valence-corrected chi connectivity index (χ1v) is 5.11. The van der Waals surface area contributed by atoms with E-state index in [4.69, 9.17) is 0 Å². The first-order valence-electron chi connectivity index (χ1n) is 5.11. The van der Waals surface area contributed by atoms with Crippen molar-refractivity contribution in [1.82, 2.24) is 0 Å². The predicted molar refractivity (Wildman–Crippen MR) is 61.1 cm³/mol. The summed E-state index contributed by atoms with van der Waals surface area (Å²) in [7, 11) is 0. The van der Waals surface area contributed by atoms with E-state index in [-0.39, 0.29) is 5.78 Å². The van der Waals surface area contributed by atoms with Crippen LogP contribution in [0.25, 0.3) is 10.8 Å². The Balaban J connectivity index is 2.30. The van der Waals surface area contributed by atoms with E-state index in [0.717, 1.165) is 11.3 Å². The van der Waals surface area contributed by atoms with Crippen LogP contribution in [0.15, 0.2) is 36.4 Å². The Morgan fingerprint density at radius 2 is 1.93 bits per heavy atom. The molecule has 2 aromatic carbocycles. The van der Waals surface area contributed by atoms with E-state index in [1.165, 1.54) is 10.8 Å². The molecule has 0 atom stereocenters. The number of carbonyl (C=O) groups is 1. The molecule has 1 aliphatic rings. The molecule has 1 heterocycles. The van der Waals surface area contributed by atoms with E-state index < -0.39 is 0 Å². The molecule has 0 spiro atoms. The Bertz CT molecular complexity index is 545. The Hall–Kier alpha value is -1.83. The highest BCUT2D eigenvalue weighted by Gasteiger charge is 2.16. The van der Waals surface area contributed by atoms with Gasteiger partial charge in [0, 0.05) is 17.5 Å². The number of fused-ring (bicyclic) bond motifs is 3. The molecule has 15 heavy (non-hydrogen) atoms. The number of rotatable bonds is 0. The molecule has 2 aromatic rings. The SMILES string of the molecule is O=C1CNc2c(ccc3ccccc23)C1. The fraction of sp³-hybridized carbons (Fsp3) is 0.154. The second kappa shape index (κ2) is 3.09. The van der Waals surface area contributed by atoms with Gasteiger partial charge < -0.3 is 5.32 Å². The molecule has 0 radical (unpaired) electrons. The van der Waals surface area contributed by atoms with Crippen molar-refractivity contribution >= 4 is 22.2 Å². The standard InChI is InChI=1S/C13H11NO/c15-11-7-10-6-5-9-3-1-2-4-12(9)13(10)14-8-11/h1-6,14H,7-8H2. The second-order valence-electron chi connectivity index (χ2n) is 3.89. The van der Waals surface area contributed by atoms with Gasteiger partial charge in [-0.2, -0.15) is 0 Å². The second-order valence-corrected chi connectivity index (χ2v) is 3.89. The van der Waals surface area contributed by atoms with Crippen molar-refractivity contribution in [2.45, 2.75) is 6.42 Å². The molecule has 0 amide bonds. The van der Waals surface area contributed by atoms with Crippen LogP contribution >= 0.6 is 0 Å². The Morgan fingerprint density at radius 1 is 1.07 bits per heavy atom. The number of anilines is 1. The fourth-order valence-electron chi connectivity index (χ4n) is 2.13. The van der Waals surface area contributed by atoms with E-state index >= 15 is 0 Å². The van der Waals surface area contributed by atoms with Gasteiger partial charge in [0.25, 0.3) is 0 Å². The van der Waals surface area contributed by atoms with Gasteiger partial charge in [0.15, 0.2) is 5.78 Å². The number of ketones is 1. The van der Waals surface area contributed by atoms with Gasteiger partial charge in [-0.3, -0.25) is 4.79 Å². The van der Waals surface area contributed by atoms with Gasteiger partial charge in [-0.05, 0) is 10.9 Å². The van der Waals surface area contributed by atoms with Crippen LogP contribution in [0, 0.1) is 0 Å². The zero-order chi connectivity index (χ0) is 10.3. The molecule has 2 nitrogen and oxygen atoms in total. The third-order valence-electron chi connectivity index (χ3n) is 2.87. The summed E-state index contributed by atoms with van der Waals surface area (Å²) >= 11 is 0. The molecule has 2 heteroatoms. The largest absolute Gasteiger partial charge is 0.377 e. The molecule has 74 valence electrons. The minimum atomic E-state index is 0.262. The topological polar surface area (TPSA) is 29.1 Å². The average molecular weight is 197 g/mol. The van der Waals surface area contributed by atoms with Gasteiger partial charge in [-0.25, -0.2) is 0 Å². The van der Waals surface area contributed by atoms with E-state index in [9.17, 15) is 4.79 Å². The molecule has 0 saturated heterocycles. The van der Waals surface area contributed by atoms with Crippen LogP contribution in [0.4, 0.5) is 5.69 Å². The van der Waals surface area contributed by atoms with Gasteiger partial charge >= 0.3 is 0 Å². The zero-order valence-electron chi connectivity index (χ0n) is 8.29. The van der Waals surface area contributed by atoms with E-state index in [1.807, 2.05) is 18.2 Å². The van der Waals surface area contributed by atoms with Crippen LogP contribution in [0.2, 0.25) is 0 Å². The third kappa shape index (κ3) is 1.30. The summed E-state index contributed by atoms with van der Waals surface area (Å²) in [4.78, 5) is 11.3. The normalized spacial score (nSPS) is 14.8. The molecule has 0 unspecified atom stereocenters. The third-order valence-corrected chi connectivity index (χ3v) is 2.87. The highest BCUT2D eigenvalue weighted by molar-refractivity contribution is 6.01. The Kier molecular flexibility index (Phi) is 1.75. The highest BCUT2D eigenvalue weighted by Crippen LogP contribution is 2.29. The summed E-state index contributed by atoms with van der Waals surface area (Å²) in [5, 5.41) is 5.64. The number of Topliss-reactive ketones (excluding diaryl/α,β-unsaturated/α-hetero) is 1. The maximum Gasteiger partial charge on any atom is 0.156 e. The van der Waals surface area contributed by atoms with E-state index in [0.29, 0.717) is 13.0 Å². The van der Waals surface area contributed by atoms with Gasteiger partial charge in [-0.15, -0.1) is 0 Å². The Labute approximate surface area is 87.9 Å². The first kappa shape index (κ1) is 8.48. The summed E-state index contributed by atoms with van der Waals surface area (Å²) in [5.74, 6) is 0.262. The molecule has 0 fully saturated rings. The van der Waals surface area contributed by atoms with Crippen molar-refractivity contribution in [1.29, 1.82) is 0 Å². The van der Waals surface area contributed by atoms with Crippen LogP contribution < -0.4 is 5.32 Å². The molecule has 0 aromatic heterocycles. The maximum atomic E-state index is 11.3. The lowest BCUT2D eigenvalue weighted by Crippen LogP contribution is -2.22. The molecular formula is C13H11NO. The van der Waals surface area contributed by atoms with Crippen LogP contribution in [0.1, 0.15) is 5.56 Å². The molecule has 0 aliphatic carbocycles. The minimum absolute atomic E-state index is 0.262. The zero-order valence-corrected chi connectivity index (χ0v) is 8.29. The summed E-state index contributed by atoms with van der Waals surface area (Å²) in [6, 6.07) is 12.4. The van der Waals surface area contributed by atoms with Crippen LogP contribution in [-0.2, 0) is 11.2 Å². The van der Waals surface area contributed by atoms with Crippen molar-refractivity contribution in [3.63, 3.8) is 0 Å². The van der Waals surface area contributed by atoms with Crippen molar-refractivity contribution < 1.29 is 4.79 Å². The number of hydrogen-bond donors (Lipinski definition) is 1. The number of benzene rings is 2. The van der Waals surface area contributed by atoms with Crippen LogP contribution in [0.3, 0.4) is 0 Å². The van der Waals surface area contributed by atoms with E-state index in [1.54, 1.807) is 0 Å². The Morgan fingerprint density at radius 3 is 2.87 bits per heavy atom. The summed E-state index contributed by atoms with van der Waals surface area (Å²) in [6.45, 7) is 0.459. The van der Waals surface area contributed by atoms with Gasteiger partial charge in [0.1, 0.15) is 0 Å². The lowest BCUT2D eigenvalue weighted by atomic mass is 9.97. The summed E-state index contributed by atoms with van der Waals surface area (Å²) in [5.41, 5.74) is 2.25. The monoisotopic (exact) mass is 197 g/mol. The summed E-state index contributed by atoms with van der Waals surface area (Å²) < 4.78 is 0. The van der Waals surface area contributed by atoms with Crippen LogP contribution in [-0.4, -0.2) is 12.3 Å². The molecule has 0 saturated carbocycles. The van der Waals surface area contributed by atoms with Crippen molar-refractivity contribution in [2.75, 3.05) is 11.9 Å². The van der Waals surface area contributed by atoms with Crippen molar-refractivity contribution in [3.05, 3.63) is 42.0 Å². The first-order chi connectivity index (χ1) is 7.34. The number of nitrogens with one attached hydrogen (secondary N) is 1. The number of carbonyl (C=O) groups excluding carboxylic acids is 1. The average Bonchev–Trinajstić information content (AvgIpc) is 2.28. The predicted octanol–water partition coefficient (Wildman–Crippen LogP) is 2.38. The number of hydrogen-bond acceptors (Lipinski definition) is 2. The van der Waals surface area contributed by atoms with Gasteiger partial charge in [0.05, 0.1) is 6.54 Å². The smallest absolute Gasteiger partial charge is 0.156 e. The molecule has 0 bridgehead atoms. The van der Waals surface area contributed by atoms with Crippen LogP contribution in [0.5, 0.6) is 0 Å². The quantitative estimate of drug-likeness (QED) is 0.702. The fourth-order valence-corrected chi connectivity index (χ4v) is 2.13. The van der Waals surface area contributed by atoms with Gasteiger partial charge in [-0.1, -0.05) is 36.4 Å². The van der Waals surface area contributed by atoms with Gasteiger partial charge in [0.2, 0.25) is 0 Å². The lowest BCUT2D eigenvalue weighted by molar-refractivity contribution is -0.117. The van der Waals surface area contributed by atoms with Crippen molar-refractivity contribution in [2.24, 2.45) is 0 Å². The minimum Gasteiger partial charge on any atom is -0.377 e. The molecular weight excluding hydrogens is 186 g/mol. The lowest BCUT2D eigenvalue weighted by Gasteiger charge is -2.19. The van der Waals surface area contributed by atoms with E-state index in [2.05, 4.69) is 23.5 Å². The summed E-state index contributed by atoms with van der Waals surface area (Å²) in [6.07, 6.45) is 0.563. The highest BCUT2D eigenvalue weighted by atomic mass is 16.1.